The van der Waals surface area contributed by atoms with Gasteiger partial charge in [-0.05, 0) is 18.2 Å². The summed E-state index contributed by atoms with van der Waals surface area (Å²) in [5.41, 5.74) is 1.71. The lowest BCUT2D eigenvalue weighted by atomic mass is 9.82. The number of amides is 2. The molecule has 3 aliphatic rings. The molecule has 158 valence electrons. The van der Waals surface area contributed by atoms with Crippen LogP contribution >= 0.6 is 0 Å². The van der Waals surface area contributed by atoms with Gasteiger partial charge in [-0.1, -0.05) is 36.4 Å². The molecule has 1 spiro atoms. The molecule has 3 heterocycles. The lowest BCUT2D eigenvalue weighted by Crippen LogP contribution is -2.80. The second-order valence-corrected chi connectivity index (χ2v) is 8.60. The Hall–Kier alpha value is -2.61. The fraction of sp³-hybridized carbons (Fsp3) is 0.435. The quantitative estimate of drug-likeness (QED) is 0.815. The Kier molecular flexibility index (Phi) is 5.10. The molecule has 1 unspecified atom stereocenters. The molecule has 5 rings (SSSR count). The summed E-state index contributed by atoms with van der Waals surface area (Å²) < 4.78 is 5.74. The van der Waals surface area contributed by atoms with Crippen molar-refractivity contribution in [2.45, 2.75) is 18.1 Å². The van der Waals surface area contributed by atoms with Crippen LogP contribution in [-0.4, -0.2) is 83.4 Å². The van der Waals surface area contributed by atoms with Crippen LogP contribution in [0.4, 0.5) is 10.5 Å². The van der Waals surface area contributed by atoms with Gasteiger partial charge in [0.1, 0.15) is 5.75 Å². The Balaban J connectivity index is 1.29. The number of urea groups is 1. The number of phenolic OH excluding ortho intramolecular Hbond substituents is 1. The molecule has 0 bridgehead atoms. The Morgan fingerprint density at radius 3 is 2.67 bits per heavy atom. The Morgan fingerprint density at radius 2 is 1.87 bits per heavy atom. The first-order valence-corrected chi connectivity index (χ1v) is 10.6. The van der Waals surface area contributed by atoms with E-state index in [0.29, 0.717) is 25.4 Å². The summed E-state index contributed by atoms with van der Waals surface area (Å²) in [5.74, 6) is 0.343. The molecule has 7 nitrogen and oxygen atoms in total. The minimum absolute atomic E-state index is 0.0505. The predicted molar refractivity (Wildman–Crippen MR) is 114 cm³/mol. The number of aromatic hydroxyl groups is 1. The smallest absolute Gasteiger partial charge is 0.321 e. The van der Waals surface area contributed by atoms with E-state index in [1.165, 1.54) is 0 Å². The normalized spacial score (nSPS) is 23.6. The van der Waals surface area contributed by atoms with Crippen LogP contribution in [-0.2, 0) is 11.3 Å². The standard InChI is InChI=1S/C23H28N4O3/c28-21-9-5-4-6-18(21)12-25-15-23(16-25)17-26(13-20-14-30-11-10-27(20)23)22(29)24-19-7-2-1-3-8-19/h1-9,20,28H,10-17H2,(H,24,29). The average molecular weight is 409 g/mol. The SMILES string of the molecule is O=C(Nc1ccccc1)N1CC2COCCN2C2(CN(Cc3ccccc3O)C2)C1. The maximum absolute atomic E-state index is 13.0. The molecule has 3 fully saturated rings. The van der Waals surface area contributed by atoms with Crippen LogP contribution in [0.1, 0.15) is 5.56 Å². The monoisotopic (exact) mass is 408 g/mol. The topological polar surface area (TPSA) is 68.3 Å². The molecule has 1 atom stereocenters. The third-order valence-electron chi connectivity index (χ3n) is 6.49. The number of rotatable bonds is 3. The van der Waals surface area contributed by atoms with Gasteiger partial charge in [0.05, 0.1) is 24.8 Å². The second-order valence-electron chi connectivity index (χ2n) is 8.60. The lowest BCUT2D eigenvalue weighted by Gasteiger charge is -2.63. The number of likely N-dealkylation sites (tertiary alicyclic amines) is 1. The molecule has 30 heavy (non-hydrogen) atoms. The zero-order chi connectivity index (χ0) is 20.6. The molecule has 0 aromatic heterocycles. The number of morpholine rings is 1. The van der Waals surface area contributed by atoms with Gasteiger partial charge in [-0.25, -0.2) is 4.79 Å². The molecule has 7 heteroatoms. The molecule has 3 aliphatic heterocycles. The number of carbonyl (C=O) groups is 1. The maximum atomic E-state index is 13.0. The van der Waals surface area contributed by atoms with Gasteiger partial charge >= 0.3 is 6.03 Å². The third-order valence-corrected chi connectivity index (χ3v) is 6.49. The van der Waals surface area contributed by atoms with Crippen LogP contribution in [0, 0.1) is 0 Å². The molecule has 0 saturated carbocycles. The molecular weight excluding hydrogens is 380 g/mol. The minimum Gasteiger partial charge on any atom is -0.508 e. The van der Waals surface area contributed by atoms with Gasteiger partial charge < -0.3 is 20.1 Å². The van der Waals surface area contributed by atoms with Gasteiger partial charge in [0.15, 0.2) is 0 Å². The number of phenols is 1. The van der Waals surface area contributed by atoms with E-state index in [-0.39, 0.29) is 17.6 Å². The Labute approximate surface area is 176 Å². The number of carbonyl (C=O) groups excluding carboxylic acids is 1. The molecular formula is C23H28N4O3. The van der Waals surface area contributed by atoms with Crippen molar-refractivity contribution < 1.29 is 14.6 Å². The van der Waals surface area contributed by atoms with Crippen molar-refractivity contribution in [2.75, 3.05) is 51.3 Å². The van der Waals surface area contributed by atoms with E-state index < -0.39 is 0 Å². The number of fused-ring (bicyclic) bond motifs is 2. The predicted octanol–water partition coefficient (Wildman–Crippen LogP) is 2.20. The summed E-state index contributed by atoms with van der Waals surface area (Å²) in [7, 11) is 0. The highest BCUT2D eigenvalue weighted by molar-refractivity contribution is 5.89. The van der Waals surface area contributed by atoms with E-state index in [2.05, 4.69) is 15.1 Å². The highest BCUT2D eigenvalue weighted by Crippen LogP contribution is 2.37. The molecule has 3 saturated heterocycles. The summed E-state index contributed by atoms with van der Waals surface area (Å²) in [6, 6.07) is 17.3. The van der Waals surface area contributed by atoms with E-state index in [1.807, 2.05) is 53.4 Å². The van der Waals surface area contributed by atoms with Crippen molar-refractivity contribution in [3.63, 3.8) is 0 Å². The van der Waals surface area contributed by atoms with Crippen molar-refractivity contribution in [1.29, 1.82) is 0 Å². The number of nitrogens with zero attached hydrogens (tertiary/aromatic N) is 3. The van der Waals surface area contributed by atoms with Crippen molar-refractivity contribution in [3.05, 3.63) is 60.2 Å². The summed E-state index contributed by atoms with van der Waals surface area (Å²) in [6.45, 7) is 6.19. The van der Waals surface area contributed by atoms with Gasteiger partial charge in [0.2, 0.25) is 0 Å². The number of piperazine rings is 1. The van der Waals surface area contributed by atoms with E-state index in [0.717, 1.165) is 44.0 Å². The van der Waals surface area contributed by atoms with Gasteiger partial charge in [-0.3, -0.25) is 9.80 Å². The first-order chi connectivity index (χ1) is 14.6. The van der Waals surface area contributed by atoms with Crippen LogP contribution in [0.3, 0.4) is 0 Å². The second kappa shape index (κ2) is 7.91. The van der Waals surface area contributed by atoms with Gasteiger partial charge in [0.25, 0.3) is 0 Å². The zero-order valence-electron chi connectivity index (χ0n) is 17.0. The van der Waals surface area contributed by atoms with E-state index in [1.54, 1.807) is 6.07 Å². The van der Waals surface area contributed by atoms with Crippen LogP contribution in [0.25, 0.3) is 0 Å². The Bertz CT molecular complexity index is 900. The van der Waals surface area contributed by atoms with Crippen molar-refractivity contribution in [3.8, 4) is 5.75 Å². The number of hydrogen-bond acceptors (Lipinski definition) is 5. The van der Waals surface area contributed by atoms with Gasteiger partial charge in [-0.2, -0.15) is 0 Å². The number of anilines is 1. The molecule has 2 aromatic rings. The first-order valence-electron chi connectivity index (χ1n) is 10.6. The van der Waals surface area contributed by atoms with E-state index >= 15 is 0 Å². The molecule has 0 aliphatic carbocycles. The molecule has 2 N–H and O–H groups in total. The number of ether oxygens (including phenoxy) is 1. The number of nitrogens with one attached hydrogen (secondary N) is 1. The fourth-order valence-corrected chi connectivity index (χ4v) is 5.14. The maximum Gasteiger partial charge on any atom is 0.321 e. The zero-order valence-corrected chi connectivity index (χ0v) is 17.0. The molecule has 2 aromatic carbocycles. The van der Waals surface area contributed by atoms with Crippen LogP contribution in [0.15, 0.2) is 54.6 Å². The third kappa shape index (κ3) is 3.64. The summed E-state index contributed by atoms with van der Waals surface area (Å²) in [5, 5.41) is 13.1. The fourth-order valence-electron chi connectivity index (χ4n) is 5.14. The Morgan fingerprint density at radius 1 is 1.10 bits per heavy atom. The minimum atomic E-state index is -0.0510. The first kappa shape index (κ1) is 19.4. The summed E-state index contributed by atoms with van der Waals surface area (Å²) >= 11 is 0. The van der Waals surface area contributed by atoms with Crippen LogP contribution in [0.2, 0.25) is 0 Å². The van der Waals surface area contributed by atoms with Gasteiger partial charge in [-0.15, -0.1) is 0 Å². The number of benzene rings is 2. The van der Waals surface area contributed by atoms with Crippen molar-refractivity contribution in [2.24, 2.45) is 0 Å². The lowest BCUT2D eigenvalue weighted by molar-refractivity contribution is -0.159. The largest absolute Gasteiger partial charge is 0.508 e. The van der Waals surface area contributed by atoms with Crippen LogP contribution < -0.4 is 5.32 Å². The average Bonchev–Trinajstić information content (AvgIpc) is 2.74. The number of hydrogen-bond donors (Lipinski definition) is 2. The van der Waals surface area contributed by atoms with Crippen molar-refractivity contribution >= 4 is 11.7 Å². The number of para-hydroxylation sites is 2. The molecule has 0 radical (unpaired) electrons. The van der Waals surface area contributed by atoms with E-state index in [4.69, 9.17) is 4.74 Å². The van der Waals surface area contributed by atoms with E-state index in [9.17, 15) is 9.90 Å². The summed E-state index contributed by atoms with van der Waals surface area (Å²) in [4.78, 5) is 19.8. The molecule has 2 amide bonds. The van der Waals surface area contributed by atoms with Gasteiger partial charge in [0, 0.05) is 50.5 Å². The van der Waals surface area contributed by atoms with Crippen LogP contribution in [0.5, 0.6) is 5.75 Å². The summed E-state index contributed by atoms with van der Waals surface area (Å²) in [6.07, 6.45) is 0. The highest BCUT2D eigenvalue weighted by atomic mass is 16.5. The highest BCUT2D eigenvalue weighted by Gasteiger charge is 2.54. The van der Waals surface area contributed by atoms with Crippen molar-refractivity contribution in [1.82, 2.24) is 14.7 Å².